The van der Waals surface area contributed by atoms with E-state index in [2.05, 4.69) is 9.02 Å². The molecule has 0 aromatic rings. The van der Waals surface area contributed by atoms with Crippen LogP contribution in [0.4, 0.5) is 0 Å². The van der Waals surface area contributed by atoms with E-state index in [4.69, 9.17) is 23.6 Å². The van der Waals surface area contributed by atoms with Crippen LogP contribution in [0.2, 0.25) is 0 Å². The minimum atomic E-state index is 0.748. The molecule has 0 N–H and O–H groups in total. The lowest BCUT2D eigenvalue weighted by Crippen LogP contribution is -1.97. The molecule has 0 aromatic carbocycles. The minimum Gasteiger partial charge on any atom is -0.178 e. The maximum Gasteiger partial charge on any atom is 0.0777 e. The van der Waals surface area contributed by atoms with Crippen LogP contribution in [0.15, 0.2) is 68.8 Å². The van der Waals surface area contributed by atoms with Crippen molar-refractivity contribution in [2.24, 2.45) is 9.02 Å². The van der Waals surface area contributed by atoms with Crippen molar-refractivity contribution in [1.82, 2.24) is 0 Å². The fourth-order valence-electron chi connectivity index (χ4n) is 1.42. The molecule has 80 valence electrons. The Morgan fingerprint density at radius 2 is 0.875 bits per heavy atom. The van der Waals surface area contributed by atoms with E-state index in [9.17, 15) is 0 Å². The summed E-state index contributed by atoms with van der Waals surface area (Å²) in [4.78, 5) is 0. The first kappa shape index (κ1) is 11.1. The fraction of sp³-hybridized carbons (Fsp3) is 0. The number of rotatable bonds is 0. The predicted molar refractivity (Wildman–Crippen MR) is 70.2 cm³/mol. The maximum absolute atomic E-state index is 5.36. The second-order valence-electron chi connectivity index (χ2n) is 3.26. The molecule has 0 spiro atoms. The summed E-state index contributed by atoms with van der Waals surface area (Å²) in [5.41, 5.74) is 3.70. The van der Waals surface area contributed by atoms with Gasteiger partial charge in [-0.25, -0.2) is 0 Å². The van der Waals surface area contributed by atoms with Gasteiger partial charge in [0.25, 0.3) is 0 Å². The summed E-state index contributed by atoms with van der Waals surface area (Å²) in [6.45, 7) is 0. The Kier molecular flexibility index (Phi) is 3.54. The highest BCUT2D eigenvalue weighted by atomic mass is 35.5. The van der Waals surface area contributed by atoms with Gasteiger partial charge in [-0.1, -0.05) is 24.3 Å². The molecular weight excluding hydrogens is 243 g/mol. The SMILES string of the molecule is ClN=C1C=CC(=C2C=CC(=NCl)C=C2)C=C1. The topological polar surface area (TPSA) is 24.7 Å². The van der Waals surface area contributed by atoms with Crippen molar-refractivity contribution >= 4 is 35.0 Å². The third-order valence-corrected chi connectivity index (χ3v) is 2.65. The van der Waals surface area contributed by atoms with Gasteiger partial charge in [0, 0.05) is 23.6 Å². The van der Waals surface area contributed by atoms with Crippen LogP contribution in [-0.2, 0) is 0 Å². The number of halogens is 2. The zero-order valence-electron chi connectivity index (χ0n) is 8.27. The molecule has 0 radical (unpaired) electrons. The third-order valence-electron chi connectivity index (χ3n) is 2.26. The second kappa shape index (κ2) is 5.10. The summed E-state index contributed by atoms with van der Waals surface area (Å²) >= 11 is 10.7. The molecule has 2 rings (SSSR count). The zero-order chi connectivity index (χ0) is 11.4. The average Bonchev–Trinajstić information content (AvgIpc) is 2.39. The molecule has 2 aliphatic carbocycles. The van der Waals surface area contributed by atoms with E-state index < -0.39 is 0 Å². The van der Waals surface area contributed by atoms with Crippen molar-refractivity contribution in [3.05, 3.63) is 59.8 Å². The molecule has 4 heteroatoms. The Labute approximate surface area is 104 Å². The van der Waals surface area contributed by atoms with Gasteiger partial charge in [-0.15, -0.1) is 0 Å². The molecule has 0 aromatic heterocycles. The highest BCUT2D eigenvalue weighted by Crippen LogP contribution is 2.18. The first-order valence-electron chi connectivity index (χ1n) is 4.68. The van der Waals surface area contributed by atoms with Gasteiger partial charge in [-0.2, -0.15) is 9.02 Å². The van der Waals surface area contributed by atoms with Gasteiger partial charge in [0.15, 0.2) is 0 Å². The van der Waals surface area contributed by atoms with E-state index in [1.54, 1.807) is 0 Å². The van der Waals surface area contributed by atoms with Crippen LogP contribution in [0.3, 0.4) is 0 Å². The molecule has 0 atom stereocenters. The maximum atomic E-state index is 5.36. The molecule has 0 saturated carbocycles. The van der Waals surface area contributed by atoms with Gasteiger partial charge in [0.2, 0.25) is 0 Å². The van der Waals surface area contributed by atoms with E-state index in [0.717, 1.165) is 22.6 Å². The lowest BCUT2D eigenvalue weighted by Gasteiger charge is -2.07. The Morgan fingerprint density at radius 3 is 1.12 bits per heavy atom. The molecule has 0 saturated heterocycles. The molecule has 0 bridgehead atoms. The van der Waals surface area contributed by atoms with Gasteiger partial charge in [0.05, 0.1) is 11.4 Å². The van der Waals surface area contributed by atoms with Gasteiger partial charge >= 0.3 is 0 Å². The van der Waals surface area contributed by atoms with Crippen LogP contribution in [0.5, 0.6) is 0 Å². The van der Waals surface area contributed by atoms with Crippen molar-refractivity contribution in [2.45, 2.75) is 0 Å². The average molecular weight is 251 g/mol. The minimum absolute atomic E-state index is 0.748. The first-order chi connectivity index (χ1) is 7.83. The van der Waals surface area contributed by atoms with E-state index in [0.29, 0.717) is 0 Å². The van der Waals surface area contributed by atoms with Crippen LogP contribution in [0.25, 0.3) is 0 Å². The first-order valence-corrected chi connectivity index (χ1v) is 5.35. The van der Waals surface area contributed by atoms with Crippen molar-refractivity contribution in [3.8, 4) is 0 Å². The van der Waals surface area contributed by atoms with Gasteiger partial charge in [-0.3, -0.25) is 0 Å². The lowest BCUT2D eigenvalue weighted by atomic mass is 9.98. The van der Waals surface area contributed by atoms with Crippen molar-refractivity contribution in [2.75, 3.05) is 0 Å². The van der Waals surface area contributed by atoms with E-state index in [1.165, 1.54) is 0 Å². The van der Waals surface area contributed by atoms with Gasteiger partial charge in [0.1, 0.15) is 0 Å². The number of hydrogen-bond acceptors (Lipinski definition) is 2. The van der Waals surface area contributed by atoms with Crippen molar-refractivity contribution < 1.29 is 0 Å². The van der Waals surface area contributed by atoms with Crippen LogP contribution in [0, 0.1) is 0 Å². The van der Waals surface area contributed by atoms with E-state index in [1.807, 2.05) is 48.6 Å². The molecule has 2 aliphatic rings. The largest absolute Gasteiger partial charge is 0.178 e. The van der Waals surface area contributed by atoms with E-state index in [-0.39, 0.29) is 0 Å². The van der Waals surface area contributed by atoms with E-state index >= 15 is 0 Å². The Morgan fingerprint density at radius 1 is 0.562 bits per heavy atom. The molecule has 0 heterocycles. The van der Waals surface area contributed by atoms with Gasteiger partial charge in [-0.05, 0) is 35.5 Å². The second-order valence-corrected chi connectivity index (χ2v) is 3.60. The summed E-state index contributed by atoms with van der Waals surface area (Å²) in [6.07, 6.45) is 15.3. The summed E-state index contributed by atoms with van der Waals surface area (Å²) in [5, 5.41) is 0. The molecule has 16 heavy (non-hydrogen) atoms. The predicted octanol–water partition coefficient (Wildman–Crippen LogP) is 3.72. The molecule has 0 amide bonds. The van der Waals surface area contributed by atoms with Gasteiger partial charge < -0.3 is 0 Å². The normalized spacial score (nSPS) is 18.4. The summed E-state index contributed by atoms with van der Waals surface area (Å²) in [5.74, 6) is 0. The Balaban J connectivity index is 2.28. The molecule has 2 nitrogen and oxygen atoms in total. The van der Waals surface area contributed by atoms with Crippen molar-refractivity contribution in [3.63, 3.8) is 0 Å². The third kappa shape index (κ3) is 2.40. The summed E-state index contributed by atoms with van der Waals surface area (Å²) < 4.78 is 7.14. The highest BCUT2D eigenvalue weighted by Gasteiger charge is 2.04. The monoisotopic (exact) mass is 250 g/mol. The number of allylic oxidation sites excluding steroid dienone is 10. The Hall–Kier alpha value is -1.38. The molecule has 0 fully saturated rings. The zero-order valence-corrected chi connectivity index (χ0v) is 9.78. The van der Waals surface area contributed by atoms with Crippen LogP contribution in [0.1, 0.15) is 0 Å². The van der Waals surface area contributed by atoms with Crippen LogP contribution >= 0.6 is 23.6 Å². The number of hydrogen-bond donors (Lipinski definition) is 0. The Bertz CT molecular complexity index is 421. The smallest absolute Gasteiger partial charge is 0.0777 e. The summed E-state index contributed by atoms with van der Waals surface area (Å²) in [7, 11) is 0. The fourth-order valence-corrected chi connectivity index (χ4v) is 1.65. The molecule has 0 unspecified atom stereocenters. The lowest BCUT2D eigenvalue weighted by molar-refractivity contribution is 1.54. The van der Waals surface area contributed by atoms with Crippen molar-refractivity contribution in [1.29, 1.82) is 0 Å². The van der Waals surface area contributed by atoms with Crippen LogP contribution in [-0.4, -0.2) is 11.4 Å². The number of nitrogens with zero attached hydrogens (tertiary/aromatic N) is 2. The highest BCUT2D eigenvalue weighted by molar-refractivity contribution is 6.25. The summed E-state index contributed by atoms with van der Waals surface area (Å²) in [6, 6.07) is 0. The standard InChI is InChI=1S/C12H8Cl2N2/c13-15-11-5-1-9(2-6-11)10-3-7-12(16-14)8-4-10/h1-8H. The quantitative estimate of drug-likeness (QED) is 0.626. The van der Waals surface area contributed by atoms with Crippen LogP contribution < -0.4 is 0 Å². The molecular formula is C12H8Cl2N2. The molecule has 0 aliphatic heterocycles.